The number of likely N-dealkylation sites (tertiary alicyclic amines) is 1. The van der Waals surface area contributed by atoms with Crippen molar-refractivity contribution in [2.45, 2.75) is 51.2 Å². The molecular weight excluding hydrogens is 246 g/mol. The first kappa shape index (κ1) is 14.6. The van der Waals surface area contributed by atoms with E-state index in [0.717, 1.165) is 19.3 Å². The van der Waals surface area contributed by atoms with Gasteiger partial charge in [0.1, 0.15) is 5.60 Å². The van der Waals surface area contributed by atoms with Crippen LogP contribution in [0.15, 0.2) is 0 Å². The van der Waals surface area contributed by atoms with Crippen LogP contribution in [0, 0.1) is 5.92 Å². The van der Waals surface area contributed by atoms with Crippen molar-refractivity contribution in [3.63, 3.8) is 0 Å². The van der Waals surface area contributed by atoms with Gasteiger partial charge in [0.2, 0.25) is 0 Å². The van der Waals surface area contributed by atoms with Crippen molar-refractivity contribution >= 4 is 6.09 Å². The third-order valence-corrected chi connectivity index (χ3v) is 3.82. The molecule has 2 saturated heterocycles. The molecule has 2 aliphatic heterocycles. The second kappa shape index (κ2) is 5.29. The fraction of sp³-hybridized carbons (Fsp3) is 0.929. The first-order chi connectivity index (χ1) is 8.84. The molecule has 110 valence electrons. The molecule has 19 heavy (non-hydrogen) atoms. The lowest BCUT2D eigenvalue weighted by Crippen LogP contribution is -2.44. The topological polar surface area (TPSA) is 59.0 Å². The third-order valence-electron chi connectivity index (χ3n) is 3.82. The highest BCUT2D eigenvalue weighted by Crippen LogP contribution is 2.37. The molecule has 2 fully saturated rings. The molecule has 0 aromatic carbocycles. The van der Waals surface area contributed by atoms with Crippen molar-refractivity contribution in [3.05, 3.63) is 0 Å². The van der Waals surface area contributed by atoms with Crippen molar-refractivity contribution in [1.82, 2.24) is 4.90 Å². The Kier molecular flexibility index (Phi) is 4.06. The SMILES string of the molecule is CC(C)(C)OC(=O)N1CCC2(CC(CO)CCO2)C1. The third kappa shape index (κ3) is 3.60. The molecule has 0 aromatic rings. The minimum Gasteiger partial charge on any atom is -0.444 e. The van der Waals surface area contributed by atoms with Gasteiger partial charge in [-0.15, -0.1) is 0 Å². The summed E-state index contributed by atoms with van der Waals surface area (Å²) in [6, 6.07) is 0. The summed E-state index contributed by atoms with van der Waals surface area (Å²) in [5, 5.41) is 9.30. The average Bonchev–Trinajstić information content (AvgIpc) is 2.71. The van der Waals surface area contributed by atoms with Crippen LogP contribution in [0.4, 0.5) is 4.79 Å². The number of aliphatic hydroxyl groups excluding tert-OH is 1. The number of aliphatic hydroxyl groups is 1. The van der Waals surface area contributed by atoms with Crippen LogP contribution in [0.3, 0.4) is 0 Å². The second-order valence-electron chi connectivity index (χ2n) is 6.72. The van der Waals surface area contributed by atoms with E-state index in [2.05, 4.69) is 0 Å². The van der Waals surface area contributed by atoms with E-state index >= 15 is 0 Å². The summed E-state index contributed by atoms with van der Waals surface area (Å²) < 4.78 is 11.3. The Bertz CT molecular complexity index is 339. The number of hydrogen-bond acceptors (Lipinski definition) is 4. The van der Waals surface area contributed by atoms with E-state index in [1.165, 1.54) is 0 Å². The fourth-order valence-corrected chi connectivity index (χ4v) is 2.90. The highest BCUT2D eigenvalue weighted by atomic mass is 16.6. The van der Waals surface area contributed by atoms with Crippen LogP contribution in [-0.2, 0) is 9.47 Å². The van der Waals surface area contributed by atoms with Crippen LogP contribution in [0.5, 0.6) is 0 Å². The Morgan fingerprint density at radius 1 is 1.53 bits per heavy atom. The standard InChI is InChI=1S/C14H25NO4/c1-13(2,3)19-12(17)15-6-5-14(10-15)8-11(9-16)4-7-18-14/h11,16H,4-10H2,1-3H3. The van der Waals surface area contributed by atoms with Crippen LogP contribution in [0.1, 0.15) is 40.0 Å². The van der Waals surface area contributed by atoms with E-state index in [9.17, 15) is 9.90 Å². The zero-order valence-corrected chi connectivity index (χ0v) is 12.1. The van der Waals surface area contributed by atoms with Gasteiger partial charge in [-0.25, -0.2) is 4.79 Å². The predicted octanol–water partition coefficient (Wildman–Crippen LogP) is 1.78. The van der Waals surface area contributed by atoms with Crippen LogP contribution in [0.2, 0.25) is 0 Å². The maximum atomic E-state index is 12.0. The molecule has 1 spiro atoms. The summed E-state index contributed by atoms with van der Waals surface area (Å²) >= 11 is 0. The van der Waals surface area contributed by atoms with Crippen molar-refractivity contribution in [2.24, 2.45) is 5.92 Å². The number of nitrogens with zero attached hydrogens (tertiary/aromatic N) is 1. The number of carbonyl (C=O) groups is 1. The molecule has 1 N–H and O–H groups in total. The maximum absolute atomic E-state index is 12.0. The lowest BCUT2D eigenvalue weighted by molar-refractivity contribution is -0.0962. The zero-order chi connectivity index (χ0) is 14.1. The molecule has 2 aliphatic rings. The van der Waals surface area contributed by atoms with Crippen molar-refractivity contribution in [3.8, 4) is 0 Å². The van der Waals surface area contributed by atoms with Gasteiger partial charge in [0, 0.05) is 19.8 Å². The molecule has 0 radical (unpaired) electrons. The quantitative estimate of drug-likeness (QED) is 0.790. The zero-order valence-electron chi connectivity index (χ0n) is 12.1. The normalized spacial score (nSPS) is 31.8. The fourth-order valence-electron chi connectivity index (χ4n) is 2.90. The van der Waals surface area contributed by atoms with Gasteiger partial charge >= 0.3 is 6.09 Å². The van der Waals surface area contributed by atoms with Gasteiger partial charge in [0.15, 0.2) is 0 Å². The molecule has 2 unspecified atom stereocenters. The first-order valence-electron chi connectivity index (χ1n) is 7.06. The summed E-state index contributed by atoms with van der Waals surface area (Å²) in [6.45, 7) is 7.75. The molecule has 0 saturated carbocycles. The highest BCUT2D eigenvalue weighted by Gasteiger charge is 2.45. The average molecular weight is 271 g/mol. The number of carbonyl (C=O) groups excluding carboxylic acids is 1. The lowest BCUT2D eigenvalue weighted by atomic mass is 9.85. The number of hydrogen-bond donors (Lipinski definition) is 1. The van der Waals surface area contributed by atoms with Crippen molar-refractivity contribution < 1.29 is 19.4 Å². The Hall–Kier alpha value is -0.810. The van der Waals surface area contributed by atoms with Crippen LogP contribution < -0.4 is 0 Å². The van der Waals surface area contributed by atoms with E-state index in [4.69, 9.17) is 9.47 Å². The maximum Gasteiger partial charge on any atom is 0.410 e. The molecule has 5 nitrogen and oxygen atoms in total. The number of ether oxygens (including phenoxy) is 2. The molecule has 5 heteroatoms. The van der Waals surface area contributed by atoms with Crippen LogP contribution in [0.25, 0.3) is 0 Å². The first-order valence-corrected chi connectivity index (χ1v) is 7.06. The van der Waals surface area contributed by atoms with E-state index in [1.807, 2.05) is 20.8 Å². The van der Waals surface area contributed by atoms with Gasteiger partial charge in [-0.1, -0.05) is 0 Å². The van der Waals surface area contributed by atoms with E-state index in [-0.39, 0.29) is 18.3 Å². The van der Waals surface area contributed by atoms with E-state index < -0.39 is 5.60 Å². The van der Waals surface area contributed by atoms with Gasteiger partial charge in [-0.3, -0.25) is 0 Å². The molecule has 2 rings (SSSR count). The molecule has 0 aromatic heterocycles. The molecule has 2 heterocycles. The summed E-state index contributed by atoms with van der Waals surface area (Å²) in [7, 11) is 0. The van der Waals surface area contributed by atoms with E-state index in [1.54, 1.807) is 4.90 Å². The molecule has 0 bridgehead atoms. The molecule has 1 amide bonds. The summed E-state index contributed by atoms with van der Waals surface area (Å²) in [5.41, 5.74) is -0.726. The Morgan fingerprint density at radius 2 is 2.26 bits per heavy atom. The lowest BCUT2D eigenvalue weighted by Gasteiger charge is -2.37. The largest absolute Gasteiger partial charge is 0.444 e. The van der Waals surface area contributed by atoms with Gasteiger partial charge in [0.05, 0.1) is 12.1 Å². The Morgan fingerprint density at radius 3 is 2.89 bits per heavy atom. The smallest absolute Gasteiger partial charge is 0.410 e. The molecule has 0 aliphatic carbocycles. The van der Waals surface area contributed by atoms with Crippen LogP contribution >= 0.6 is 0 Å². The summed E-state index contributed by atoms with van der Waals surface area (Å²) in [5.74, 6) is 0.298. The Labute approximate surface area is 114 Å². The second-order valence-corrected chi connectivity index (χ2v) is 6.72. The minimum absolute atomic E-state index is 0.206. The van der Waals surface area contributed by atoms with Gasteiger partial charge < -0.3 is 19.5 Å². The highest BCUT2D eigenvalue weighted by molar-refractivity contribution is 5.68. The summed E-state index contributed by atoms with van der Waals surface area (Å²) in [4.78, 5) is 13.8. The summed E-state index contributed by atoms with van der Waals surface area (Å²) in [6.07, 6.45) is 2.31. The molecule has 2 atom stereocenters. The van der Waals surface area contributed by atoms with Gasteiger partial charge in [-0.05, 0) is 46.0 Å². The van der Waals surface area contributed by atoms with Crippen molar-refractivity contribution in [1.29, 1.82) is 0 Å². The minimum atomic E-state index is -0.464. The molecular formula is C14H25NO4. The van der Waals surface area contributed by atoms with Crippen LogP contribution in [-0.4, -0.2) is 53.6 Å². The Balaban J connectivity index is 1.93. The van der Waals surface area contributed by atoms with Crippen molar-refractivity contribution in [2.75, 3.05) is 26.3 Å². The van der Waals surface area contributed by atoms with Gasteiger partial charge in [-0.2, -0.15) is 0 Å². The number of amides is 1. The monoisotopic (exact) mass is 271 g/mol. The van der Waals surface area contributed by atoms with Gasteiger partial charge in [0.25, 0.3) is 0 Å². The predicted molar refractivity (Wildman–Crippen MR) is 70.9 cm³/mol. The van der Waals surface area contributed by atoms with E-state index in [0.29, 0.717) is 25.6 Å². The number of rotatable bonds is 1.